The Morgan fingerprint density at radius 2 is 2.00 bits per heavy atom. The van der Waals surface area contributed by atoms with E-state index >= 15 is 0 Å². The van der Waals surface area contributed by atoms with Gasteiger partial charge in [-0.3, -0.25) is 4.90 Å². The first-order valence-electron chi connectivity index (χ1n) is 6.80. The van der Waals surface area contributed by atoms with E-state index in [1.54, 1.807) is 22.7 Å². The van der Waals surface area contributed by atoms with Crippen LogP contribution in [0.5, 0.6) is 0 Å². The van der Waals surface area contributed by atoms with E-state index in [1.807, 2.05) is 0 Å². The molecule has 102 valence electrons. The van der Waals surface area contributed by atoms with E-state index in [2.05, 4.69) is 45.5 Å². The Morgan fingerprint density at radius 1 is 1.26 bits per heavy atom. The maximum atomic E-state index is 6.29. The van der Waals surface area contributed by atoms with Crippen molar-refractivity contribution in [2.24, 2.45) is 5.73 Å². The number of nitrogens with zero attached hydrogens (tertiary/aromatic N) is 1. The number of hydrogen-bond acceptors (Lipinski definition) is 4. The fourth-order valence-electron chi connectivity index (χ4n) is 2.69. The quantitative estimate of drug-likeness (QED) is 0.876. The summed E-state index contributed by atoms with van der Waals surface area (Å²) in [4.78, 5) is 2.61. The Hall–Kier alpha value is -0.680. The molecule has 0 amide bonds. The highest BCUT2D eigenvalue weighted by Gasteiger charge is 2.36. The summed E-state index contributed by atoms with van der Waals surface area (Å²) in [6, 6.07) is 5.68. The Kier molecular flexibility index (Phi) is 4.03. The van der Waals surface area contributed by atoms with E-state index < -0.39 is 0 Å². The molecule has 1 aliphatic rings. The van der Waals surface area contributed by atoms with Crippen molar-refractivity contribution < 1.29 is 0 Å². The molecule has 0 saturated heterocycles. The van der Waals surface area contributed by atoms with Crippen LogP contribution in [0, 0.1) is 0 Å². The predicted octanol–water partition coefficient (Wildman–Crippen LogP) is 3.86. The van der Waals surface area contributed by atoms with Crippen molar-refractivity contribution in [2.75, 3.05) is 0 Å². The second kappa shape index (κ2) is 5.75. The van der Waals surface area contributed by atoms with Gasteiger partial charge < -0.3 is 5.73 Å². The molecule has 2 aromatic rings. The van der Waals surface area contributed by atoms with E-state index in [0.29, 0.717) is 6.04 Å². The van der Waals surface area contributed by atoms with Crippen molar-refractivity contribution in [3.63, 3.8) is 0 Å². The summed E-state index contributed by atoms with van der Waals surface area (Å²) < 4.78 is 0. The first kappa shape index (κ1) is 13.3. The average Bonchev–Trinajstić information content (AvgIpc) is 2.88. The standard InChI is InChI=1S/C15H20N2S2/c1-11(16)15(13-5-7-19-10-13)17(14-2-3-14)8-12-4-6-18-9-12/h4-7,9-11,14-15H,2-3,8,16H2,1H3. The lowest BCUT2D eigenvalue weighted by Crippen LogP contribution is -2.40. The van der Waals surface area contributed by atoms with Gasteiger partial charge in [0.05, 0.1) is 6.04 Å². The predicted molar refractivity (Wildman–Crippen MR) is 83.6 cm³/mol. The molecule has 3 rings (SSSR count). The van der Waals surface area contributed by atoms with Crippen LogP contribution in [0.1, 0.15) is 36.9 Å². The number of hydrogen-bond donors (Lipinski definition) is 1. The molecule has 0 spiro atoms. The molecule has 0 aliphatic heterocycles. The Bertz CT molecular complexity index is 486. The fraction of sp³-hybridized carbons (Fsp3) is 0.467. The summed E-state index contributed by atoms with van der Waals surface area (Å²) in [6.07, 6.45) is 2.63. The van der Waals surface area contributed by atoms with E-state index in [1.165, 1.54) is 24.0 Å². The van der Waals surface area contributed by atoms with Crippen LogP contribution in [0.25, 0.3) is 0 Å². The van der Waals surface area contributed by atoms with E-state index in [-0.39, 0.29) is 6.04 Å². The maximum absolute atomic E-state index is 6.29. The molecule has 0 aromatic carbocycles. The Balaban J connectivity index is 1.84. The van der Waals surface area contributed by atoms with Gasteiger partial charge in [0, 0.05) is 18.6 Å². The topological polar surface area (TPSA) is 29.3 Å². The summed E-state index contributed by atoms with van der Waals surface area (Å²) >= 11 is 3.54. The van der Waals surface area contributed by atoms with Gasteiger partial charge in [0.15, 0.2) is 0 Å². The summed E-state index contributed by atoms with van der Waals surface area (Å²) in [5, 5.41) is 8.81. The van der Waals surface area contributed by atoms with Gasteiger partial charge in [0.25, 0.3) is 0 Å². The van der Waals surface area contributed by atoms with Crippen molar-refractivity contribution in [1.29, 1.82) is 0 Å². The summed E-state index contributed by atoms with van der Waals surface area (Å²) in [5.74, 6) is 0. The third-order valence-electron chi connectivity index (χ3n) is 3.70. The van der Waals surface area contributed by atoms with E-state index in [0.717, 1.165) is 12.6 Å². The van der Waals surface area contributed by atoms with Crippen LogP contribution in [0.3, 0.4) is 0 Å². The van der Waals surface area contributed by atoms with Crippen LogP contribution >= 0.6 is 22.7 Å². The lowest BCUT2D eigenvalue weighted by Gasteiger charge is -2.34. The molecule has 19 heavy (non-hydrogen) atoms. The summed E-state index contributed by atoms with van der Waals surface area (Å²) in [5.41, 5.74) is 9.08. The first-order chi connectivity index (χ1) is 9.25. The first-order valence-corrected chi connectivity index (χ1v) is 8.69. The highest BCUT2D eigenvalue weighted by Crippen LogP contribution is 2.37. The Labute approximate surface area is 122 Å². The minimum Gasteiger partial charge on any atom is -0.326 e. The zero-order chi connectivity index (χ0) is 13.2. The van der Waals surface area contributed by atoms with Crippen LogP contribution in [0.4, 0.5) is 0 Å². The van der Waals surface area contributed by atoms with Crippen molar-refractivity contribution in [2.45, 2.75) is 44.4 Å². The minimum absolute atomic E-state index is 0.161. The van der Waals surface area contributed by atoms with Crippen LogP contribution < -0.4 is 5.73 Å². The smallest absolute Gasteiger partial charge is 0.0511 e. The number of nitrogens with two attached hydrogens (primary N) is 1. The third-order valence-corrected chi connectivity index (χ3v) is 5.13. The molecule has 2 nitrogen and oxygen atoms in total. The summed E-state index contributed by atoms with van der Waals surface area (Å²) in [6.45, 7) is 3.15. The molecule has 1 aliphatic carbocycles. The molecule has 2 unspecified atom stereocenters. The molecule has 2 atom stereocenters. The molecule has 2 aromatic heterocycles. The van der Waals surface area contributed by atoms with Gasteiger partial charge in [0.2, 0.25) is 0 Å². The highest BCUT2D eigenvalue weighted by atomic mass is 32.1. The van der Waals surface area contributed by atoms with Crippen LogP contribution in [0.2, 0.25) is 0 Å². The van der Waals surface area contributed by atoms with Gasteiger partial charge in [-0.15, -0.1) is 0 Å². The maximum Gasteiger partial charge on any atom is 0.0511 e. The SMILES string of the molecule is CC(N)C(c1ccsc1)N(Cc1ccsc1)C1CC1. The zero-order valence-electron chi connectivity index (χ0n) is 11.2. The molecular weight excluding hydrogens is 272 g/mol. The van der Waals surface area contributed by atoms with Gasteiger partial charge in [-0.2, -0.15) is 22.7 Å². The molecule has 2 N–H and O–H groups in total. The van der Waals surface area contributed by atoms with Crippen LogP contribution in [-0.4, -0.2) is 17.0 Å². The van der Waals surface area contributed by atoms with Gasteiger partial charge in [-0.05, 0) is 64.5 Å². The Morgan fingerprint density at radius 3 is 2.53 bits per heavy atom. The van der Waals surface area contributed by atoms with Gasteiger partial charge in [0.1, 0.15) is 0 Å². The number of rotatable bonds is 6. The normalized spacial score (nSPS) is 18.7. The van der Waals surface area contributed by atoms with E-state index in [9.17, 15) is 0 Å². The van der Waals surface area contributed by atoms with Gasteiger partial charge in [-0.1, -0.05) is 0 Å². The molecular formula is C15H20N2S2. The molecule has 1 fully saturated rings. The minimum atomic E-state index is 0.161. The second-order valence-electron chi connectivity index (χ2n) is 5.40. The molecule has 4 heteroatoms. The van der Waals surface area contributed by atoms with Gasteiger partial charge in [-0.25, -0.2) is 0 Å². The third kappa shape index (κ3) is 3.08. The van der Waals surface area contributed by atoms with Crippen molar-refractivity contribution in [3.05, 3.63) is 44.8 Å². The van der Waals surface area contributed by atoms with Gasteiger partial charge >= 0.3 is 0 Å². The largest absolute Gasteiger partial charge is 0.326 e. The second-order valence-corrected chi connectivity index (χ2v) is 6.96. The highest BCUT2D eigenvalue weighted by molar-refractivity contribution is 7.08. The van der Waals surface area contributed by atoms with E-state index in [4.69, 9.17) is 5.73 Å². The van der Waals surface area contributed by atoms with Crippen LogP contribution in [-0.2, 0) is 6.54 Å². The molecule has 1 saturated carbocycles. The molecule has 2 heterocycles. The van der Waals surface area contributed by atoms with Crippen LogP contribution in [0.15, 0.2) is 33.7 Å². The molecule has 0 bridgehead atoms. The van der Waals surface area contributed by atoms with Crippen molar-refractivity contribution in [3.8, 4) is 0 Å². The number of thiophene rings is 2. The monoisotopic (exact) mass is 292 g/mol. The lowest BCUT2D eigenvalue weighted by molar-refractivity contribution is 0.158. The van der Waals surface area contributed by atoms with Crippen molar-refractivity contribution >= 4 is 22.7 Å². The average molecular weight is 292 g/mol. The molecule has 0 radical (unpaired) electrons. The van der Waals surface area contributed by atoms with Crippen molar-refractivity contribution in [1.82, 2.24) is 4.90 Å². The lowest BCUT2D eigenvalue weighted by atomic mass is 10.0. The zero-order valence-corrected chi connectivity index (χ0v) is 12.8. The fourth-order valence-corrected chi connectivity index (χ4v) is 4.04. The summed E-state index contributed by atoms with van der Waals surface area (Å²) in [7, 11) is 0.